The molecule has 0 spiro atoms. The third-order valence-corrected chi connectivity index (χ3v) is 5.58. The van der Waals surface area contributed by atoms with Crippen LogP contribution in [0.4, 0.5) is 5.82 Å². The topological polar surface area (TPSA) is 67.7 Å². The summed E-state index contributed by atoms with van der Waals surface area (Å²) in [5.41, 5.74) is 2.58. The van der Waals surface area contributed by atoms with Crippen molar-refractivity contribution in [2.45, 2.75) is 32.4 Å². The Labute approximate surface area is 139 Å². The van der Waals surface area contributed by atoms with Gasteiger partial charge in [0.1, 0.15) is 17.0 Å². The molecular weight excluding hydrogens is 308 g/mol. The summed E-state index contributed by atoms with van der Waals surface area (Å²) < 4.78 is 1.92. The maximum atomic E-state index is 4.55. The molecule has 0 aliphatic carbocycles. The lowest BCUT2D eigenvalue weighted by molar-refractivity contribution is 0.632. The second-order valence-electron chi connectivity index (χ2n) is 5.82. The van der Waals surface area contributed by atoms with Crippen molar-refractivity contribution >= 4 is 27.4 Å². The van der Waals surface area contributed by atoms with E-state index in [4.69, 9.17) is 0 Å². The van der Waals surface area contributed by atoms with E-state index in [2.05, 4.69) is 38.7 Å². The number of anilines is 1. The molecule has 1 aliphatic rings. The van der Waals surface area contributed by atoms with Crippen LogP contribution in [-0.2, 0) is 20.0 Å². The summed E-state index contributed by atoms with van der Waals surface area (Å²) in [5, 5.41) is 12.5. The number of thiophene rings is 1. The molecule has 4 rings (SSSR count). The van der Waals surface area contributed by atoms with E-state index in [1.807, 2.05) is 17.9 Å². The second-order valence-corrected chi connectivity index (χ2v) is 6.90. The number of fused-ring (bicyclic) bond motifs is 3. The van der Waals surface area contributed by atoms with Gasteiger partial charge in [-0.3, -0.25) is 4.68 Å². The Morgan fingerprint density at radius 2 is 2.35 bits per heavy atom. The van der Waals surface area contributed by atoms with E-state index in [9.17, 15) is 0 Å². The molecule has 0 saturated heterocycles. The lowest BCUT2D eigenvalue weighted by Crippen LogP contribution is -2.22. The van der Waals surface area contributed by atoms with Crippen LogP contribution in [0.5, 0.6) is 0 Å². The van der Waals surface area contributed by atoms with Crippen molar-refractivity contribution < 1.29 is 0 Å². The average molecular weight is 328 g/mol. The fraction of sp³-hybridized carbons (Fsp3) is 0.438. The summed E-state index contributed by atoms with van der Waals surface area (Å²) in [7, 11) is 1.98. The summed E-state index contributed by atoms with van der Waals surface area (Å²) in [6.07, 6.45) is 5.52. The number of nitrogens with one attached hydrogen (secondary N) is 2. The van der Waals surface area contributed by atoms with E-state index in [0.717, 1.165) is 36.6 Å². The summed E-state index contributed by atoms with van der Waals surface area (Å²) in [5.74, 6) is 0.947. The van der Waals surface area contributed by atoms with E-state index < -0.39 is 0 Å². The number of nitrogens with zero attached hydrogens (tertiary/aromatic N) is 4. The molecule has 0 aromatic carbocycles. The van der Waals surface area contributed by atoms with Gasteiger partial charge in [0, 0.05) is 24.7 Å². The normalized spacial score (nSPS) is 15.6. The van der Waals surface area contributed by atoms with Gasteiger partial charge in [0.2, 0.25) is 0 Å². The van der Waals surface area contributed by atoms with Crippen molar-refractivity contribution in [2.75, 3.05) is 11.9 Å². The molecule has 120 valence electrons. The molecule has 1 atom stereocenters. The maximum absolute atomic E-state index is 4.55. The standard InChI is InChI=1S/C16H20N6S/c1-3-11(12-5-7-20-22(12)2)21-15-14-10-4-6-17-8-13(10)23-16(14)19-9-18-15/h5,7,9,11,17H,3-4,6,8H2,1-2H3,(H,18,19,21)/t11-/m1/s1. The minimum absolute atomic E-state index is 0.192. The Hall–Kier alpha value is -1.99. The zero-order valence-corrected chi connectivity index (χ0v) is 14.2. The van der Waals surface area contributed by atoms with Crippen LogP contribution in [0, 0.1) is 0 Å². The van der Waals surface area contributed by atoms with Crippen molar-refractivity contribution in [3.8, 4) is 0 Å². The first-order chi connectivity index (χ1) is 11.3. The molecule has 4 heterocycles. The first kappa shape index (κ1) is 14.6. The molecule has 3 aromatic heterocycles. The van der Waals surface area contributed by atoms with Crippen molar-refractivity contribution in [1.82, 2.24) is 25.1 Å². The molecule has 23 heavy (non-hydrogen) atoms. The Bertz CT molecular complexity index is 836. The molecule has 3 aromatic rings. The molecular formula is C16H20N6S. The van der Waals surface area contributed by atoms with Crippen LogP contribution in [0.2, 0.25) is 0 Å². The van der Waals surface area contributed by atoms with Crippen LogP contribution in [-0.4, -0.2) is 26.3 Å². The fourth-order valence-electron chi connectivity index (χ4n) is 3.24. The minimum atomic E-state index is 0.192. The van der Waals surface area contributed by atoms with Gasteiger partial charge in [-0.05, 0) is 31.0 Å². The highest BCUT2D eigenvalue weighted by Crippen LogP contribution is 2.36. The SMILES string of the molecule is CC[C@@H](Nc1ncnc2sc3c(c12)CCNC3)c1ccnn1C. The molecule has 0 unspecified atom stereocenters. The van der Waals surface area contributed by atoms with Gasteiger partial charge in [0.05, 0.1) is 17.1 Å². The van der Waals surface area contributed by atoms with Crippen molar-refractivity contribution in [3.05, 3.63) is 34.7 Å². The van der Waals surface area contributed by atoms with Crippen molar-refractivity contribution in [3.63, 3.8) is 0 Å². The molecule has 0 fully saturated rings. The van der Waals surface area contributed by atoms with Crippen LogP contribution in [0.1, 0.15) is 35.5 Å². The van der Waals surface area contributed by atoms with E-state index in [0.29, 0.717) is 0 Å². The fourth-order valence-corrected chi connectivity index (χ4v) is 4.40. The zero-order valence-electron chi connectivity index (χ0n) is 13.3. The Kier molecular flexibility index (Phi) is 3.74. The van der Waals surface area contributed by atoms with Gasteiger partial charge in [-0.2, -0.15) is 5.10 Å². The predicted octanol–water partition coefficient (Wildman–Crippen LogP) is 2.63. The van der Waals surface area contributed by atoms with Gasteiger partial charge in [0.25, 0.3) is 0 Å². The largest absolute Gasteiger partial charge is 0.361 e. The van der Waals surface area contributed by atoms with Gasteiger partial charge >= 0.3 is 0 Å². The van der Waals surface area contributed by atoms with Crippen LogP contribution in [0.3, 0.4) is 0 Å². The minimum Gasteiger partial charge on any atom is -0.361 e. The molecule has 0 bridgehead atoms. The highest BCUT2D eigenvalue weighted by Gasteiger charge is 2.21. The van der Waals surface area contributed by atoms with E-state index in [-0.39, 0.29) is 6.04 Å². The predicted molar refractivity (Wildman–Crippen MR) is 92.7 cm³/mol. The lowest BCUT2D eigenvalue weighted by atomic mass is 10.1. The number of aryl methyl sites for hydroxylation is 1. The average Bonchev–Trinajstić information content (AvgIpc) is 3.16. The lowest BCUT2D eigenvalue weighted by Gasteiger charge is -2.19. The van der Waals surface area contributed by atoms with Gasteiger partial charge < -0.3 is 10.6 Å². The van der Waals surface area contributed by atoms with E-state index in [1.54, 1.807) is 17.7 Å². The maximum Gasteiger partial charge on any atom is 0.139 e. The van der Waals surface area contributed by atoms with E-state index in [1.165, 1.54) is 21.5 Å². The van der Waals surface area contributed by atoms with Gasteiger partial charge in [-0.25, -0.2) is 9.97 Å². The first-order valence-corrected chi connectivity index (χ1v) is 8.80. The van der Waals surface area contributed by atoms with Gasteiger partial charge in [0.15, 0.2) is 0 Å². The highest BCUT2D eigenvalue weighted by molar-refractivity contribution is 7.18. The summed E-state index contributed by atoms with van der Waals surface area (Å²) >= 11 is 1.78. The Balaban J connectivity index is 1.76. The molecule has 0 amide bonds. The van der Waals surface area contributed by atoms with Crippen LogP contribution in [0.25, 0.3) is 10.2 Å². The Morgan fingerprint density at radius 3 is 3.13 bits per heavy atom. The summed E-state index contributed by atoms with van der Waals surface area (Å²) in [6.45, 7) is 4.14. The number of rotatable bonds is 4. The second kappa shape index (κ2) is 5.90. The zero-order chi connectivity index (χ0) is 15.8. The molecule has 1 aliphatic heterocycles. The summed E-state index contributed by atoms with van der Waals surface area (Å²) in [4.78, 5) is 11.5. The smallest absolute Gasteiger partial charge is 0.139 e. The number of aromatic nitrogens is 4. The van der Waals surface area contributed by atoms with Gasteiger partial charge in [-0.15, -0.1) is 11.3 Å². The third kappa shape index (κ3) is 2.49. The Morgan fingerprint density at radius 1 is 1.43 bits per heavy atom. The highest BCUT2D eigenvalue weighted by atomic mass is 32.1. The summed E-state index contributed by atoms with van der Waals surface area (Å²) in [6, 6.07) is 2.25. The van der Waals surface area contributed by atoms with Gasteiger partial charge in [-0.1, -0.05) is 6.92 Å². The quantitative estimate of drug-likeness (QED) is 0.770. The first-order valence-electron chi connectivity index (χ1n) is 7.98. The van der Waals surface area contributed by atoms with Crippen LogP contribution in [0.15, 0.2) is 18.6 Å². The number of hydrogen-bond donors (Lipinski definition) is 2. The molecule has 0 radical (unpaired) electrons. The van der Waals surface area contributed by atoms with Crippen molar-refractivity contribution in [1.29, 1.82) is 0 Å². The molecule has 2 N–H and O–H groups in total. The van der Waals surface area contributed by atoms with Crippen molar-refractivity contribution in [2.24, 2.45) is 7.05 Å². The number of hydrogen-bond acceptors (Lipinski definition) is 6. The third-order valence-electron chi connectivity index (χ3n) is 4.44. The molecule has 6 nitrogen and oxygen atoms in total. The monoisotopic (exact) mass is 328 g/mol. The molecule has 7 heteroatoms. The van der Waals surface area contributed by atoms with E-state index >= 15 is 0 Å². The molecule has 0 saturated carbocycles. The van der Waals surface area contributed by atoms with Crippen LogP contribution >= 0.6 is 11.3 Å². The van der Waals surface area contributed by atoms with Crippen LogP contribution < -0.4 is 10.6 Å².